The molecule has 0 aliphatic carbocycles. The molecule has 0 saturated carbocycles. The van der Waals surface area contributed by atoms with E-state index in [9.17, 15) is 18.7 Å². The van der Waals surface area contributed by atoms with Gasteiger partial charge in [0.25, 0.3) is 5.88 Å². The Labute approximate surface area is 232 Å². The highest BCUT2D eigenvalue weighted by atomic mass is 35.5. The molecule has 0 amide bonds. The number of imidazole rings is 1. The van der Waals surface area contributed by atoms with Gasteiger partial charge >= 0.3 is 5.97 Å². The molecule has 0 bridgehead atoms. The Kier molecular flexibility index (Phi) is 7.26. The lowest BCUT2D eigenvalue weighted by Crippen LogP contribution is -2.33. The fraction of sp³-hybridized carbons (Fsp3) is 0.321. The number of halogens is 3. The van der Waals surface area contributed by atoms with Gasteiger partial charge in [0.2, 0.25) is 11.5 Å². The first-order valence-corrected chi connectivity index (χ1v) is 13.2. The van der Waals surface area contributed by atoms with Crippen LogP contribution in [0.2, 0.25) is 5.02 Å². The van der Waals surface area contributed by atoms with Gasteiger partial charge in [0, 0.05) is 36.3 Å². The van der Waals surface area contributed by atoms with Crippen LogP contribution in [0.3, 0.4) is 0 Å². The van der Waals surface area contributed by atoms with Crippen molar-refractivity contribution in [2.45, 2.75) is 38.6 Å². The van der Waals surface area contributed by atoms with E-state index in [4.69, 9.17) is 25.5 Å². The standard InChI is InChI=1S/C28H25ClF2N4O5/c29-18-2-1-17(21(31)11-18)15-39-26-20(30)3-4-22(32-26)16-5-8-34(9-6-16)14-25-33-27-23(12-24(40-27)28(36)37)35(25)13-19-7-10-38-19/h1-5,11-12,19H,6-10,13-15H2,(H,36,37). The highest BCUT2D eigenvalue weighted by Crippen LogP contribution is 2.28. The zero-order valence-electron chi connectivity index (χ0n) is 21.3. The summed E-state index contributed by atoms with van der Waals surface area (Å²) in [6, 6.07) is 8.61. The van der Waals surface area contributed by atoms with E-state index < -0.39 is 17.6 Å². The Morgan fingerprint density at radius 1 is 1.18 bits per heavy atom. The van der Waals surface area contributed by atoms with E-state index in [-0.39, 0.29) is 34.9 Å². The molecule has 1 unspecified atom stereocenters. The van der Waals surface area contributed by atoms with Crippen LogP contribution in [-0.2, 0) is 24.4 Å². The molecule has 40 heavy (non-hydrogen) atoms. The third-order valence-corrected chi connectivity index (χ3v) is 7.33. The molecule has 2 aliphatic heterocycles. The molecule has 6 rings (SSSR count). The van der Waals surface area contributed by atoms with E-state index in [1.165, 1.54) is 24.3 Å². The van der Waals surface area contributed by atoms with Crippen molar-refractivity contribution >= 4 is 34.4 Å². The number of hydrogen-bond acceptors (Lipinski definition) is 7. The Morgan fingerprint density at radius 3 is 2.73 bits per heavy atom. The summed E-state index contributed by atoms with van der Waals surface area (Å²) in [7, 11) is 0. The first kappa shape index (κ1) is 26.4. The average Bonchev–Trinajstić information content (AvgIpc) is 3.45. The van der Waals surface area contributed by atoms with Gasteiger partial charge in [-0.05, 0) is 42.7 Å². The molecule has 1 saturated heterocycles. The molecule has 3 aromatic heterocycles. The van der Waals surface area contributed by atoms with Gasteiger partial charge in [0.05, 0.1) is 24.9 Å². The summed E-state index contributed by atoms with van der Waals surface area (Å²) in [5.41, 5.74) is 2.72. The highest BCUT2D eigenvalue weighted by Gasteiger charge is 2.26. The topological polar surface area (TPSA) is 103 Å². The lowest BCUT2D eigenvalue weighted by molar-refractivity contribution is -0.0591. The molecule has 1 N–H and O–H groups in total. The molecule has 208 valence electrons. The number of furan rings is 1. The Morgan fingerprint density at radius 2 is 2.02 bits per heavy atom. The van der Waals surface area contributed by atoms with Crippen LogP contribution >= 0.6 is 11.6 Å². The zero-order valence-corrected chi connectivity index (χ0v) is 22.0. The van der Waals surface area contributed by atoms with Gasteiger partial charge in [0.1, 0.15) is 23.8 Å². The monoisotopic (exact) mass is 570 g/mol. The fourth-order valence-electron chi connectivity index (χ4n) is 4.80. The molecular formula is C28H25ClF2N4O5. The number of rotatable bonds is 9. The van der Waals surface area contributed by atoms with Crippen LogP contribution in [0.4, 0.5) is 8.78 Å². The number of nitrogens with zero attached hydrogens (tertiary/aromatic N) is 4. The maximum Gasteiger partial charge on any atom is 0.371 e. The summed E-state index contributed by atoms with van der Waals surface area (Å²) >= 11 is 5.79. The molecule has 0 radical (unpaired) electrons. The number of carboxylic acids is 1. The summed E-state index contributed by atoms with van der Waals surface area (Å²) in [5.74, 6) is -1.88. The summed E-state index contributed by atoms with van der Waals surface area (Å²) in [6.45, 7) is 2.94. The van der Waals surface area contributed by atoms with Crippen molar-refractivity contribution < 1.29 is 32.6 Å². The van der Waals surface area contributed by atoms with Gasteiger partial charge in [-0.25, -0.2) is 18.6 Å². The number of hydrogen-bond donors (Lipinski definition) is 1. The second-order valence-corrected chi connectivity index (χ2v) is 10.2. The maximum absolute atomic E-state index is 14.4. The van der Waals surface area contributed by atoms with Crippen LogP contribution in [0.5, 0.6) is 5.88 Å². The van der Waals surface area contributed by atoms with Gasteiger partial charge in [-0.15, -0.1) is 0 Å². The average molecular weight is 571 g/mol. The number of carbonyl (C=O) groups is 1. The van der Waals surface area contributed by atoms with Crippen LogP contribution < -0.4 is 4.74 Å². The van der Waals surface area contributed by atoms with Crippen molar-refractivity contribution in [3.8, 4) is 5.88 Å². The summed E-state index contributed by atoms with van der Waals surface area (Å²) < 4.78 is 47.0. The minimum Gasteiger partial charge on any atom is -0.475 e. The van der Waals surface area contributed by atoms with Crippen molar-refractivity contribution in [3.63, 3.8) is 0 Å². The van der Waals surface area contributed by atoms with Gasteiger partial charge in [0.15, 0.2) is 5.82 Å². The Bertz CT molecular complexity index is 1610. The molecular weight excluding hydrogens is 546 g/mol. The van der Waals surface area contributed by atoms with Gasteiger partial charge in [-0.2, -0.15) is 4.98 Å². The molecule has 1 atom stereocenters. The molecule has 9 nitrogen and oxygen atoms in total. The highest BCUT2D eigenvalue weighted by molar-refractivity contribution is 6.30. The Balaban J connectivity index is 1.15. The van der Waals surface area contributed by atoms with Gasteiger partial charge < -0.3 is 23.6 Å². The Hall–Kier alpha value is -3.80. The number of benzene rings is 1. The van der Waals surface area contributed by atoms with E-state index >= 15 is 0 Å². The minimum absolute atomic E-state index is 0.0596. The SMILES string of the molecule is O=C(O)c1cc2c(nc(CN3CC=C(c4ccc(F)c(OCc5ccc(Cl)cc5F)n4)CC3)n2CC2CCO2)o1. The number of aromatic nitrogens is 3. The number of carboxylic acid groups (broad SMARTS) is 1. The van der Waals surface area contributed by atoms with Crippen LogP contribution in [0.15, 0.2) is 46.9 Å². The zero-order chi connectivity index (χ0) is 27.8. The predicted molar refractivity (Wildman–Crippen MR) is 141 cm³/mol. The predicted octanol–water partition coefficient (Wildman–Crippen LogP) is 5.31. The van der Waals surface area contributed by atoms with Crippen LogP contribution in [0, 0.1) is 11.6 Å². The summed E-state index contributed by atoms with van der Waals surface area (Å²) in [6.07, 6.45) is 3.69. The van der Waals surface area contributed by atoms with E-state index in [0.29, 0.717) is 56.1 Å². The third-order valence-electron chi connectivity index (χ3n) is 7.10. The third kappa shape index (κ3) is 5.45. The van der Waals surface area contributed by atoms with Crippen LogP contribution in [0.25, 0.3) is 16.8 Å². The molecule has 12 heteroatoms. The summed E-state index contributed by atoms with van der Waals surface area (Å²) in [4.78, 5) is 22.5. The largest absolute Gasteiger partial charge is 0.475 e. The van der Waals surface area contributed by atoms with E-state index in [2.05, 4.69) is 14.9 Å². The molecule has 4 aromatic rings. The lowest BCUT2D eigenvalue weighted by Gasteiger charge is -2.29. The molecule has 5 heterocycles. The molecule has 2 aliphatic rings. The van der Waals surface area contributed by atoms with Crippen LogP contribution in [0.1, 0.15) is 40.5 Å². The molecule has 1 fully saturated rings. The maximum atomic E-state index is 14.4. The van der Waals surface area contributed by atoms with Crippen molar-refractivity contribution in [3.05, 3.63) is 82.0 Å². The molecule has 1 aromatic carbocycles. The second kappa shape index (κ2) is 11.0. The second-order valence-electron chi connectivity index (χ2n) is 9.75. The first-order valence-electron chi connectivity index (χ1n) is 12.8. The minimum atomic E-state index is -1.14. The summed E-state index contributed by atoms with van der Waals surface area (Å²) in [5, 5.41) is 9.56. The first-order chi connectivity index (χ1) is 19.3. The van der Waals surface area contributed by atoms with E-state index in [1.807, 2.05) is 10.6 Å². The van der Waals surface area contributed by atoms with Gasteiger partial charge in [-0.3, -0.25) is 4.90 Å². The quantitative estimate of drug-likeness (QED) is 0.289. The van der Waals surface area contributed by atoms with Gasteiger partial charge in [-0.1, -0.05) is 23.7 Å². The molecule has 0 spiro atoms. The van der Waals surface area contributed by atoms with E-state index in [1.54, 1.807) is 12.1 Å². The number of aromatic carboxylic acids is 1. The lowest BCUT2D eigenvalue weighted by atomic mass is 10.0. The van der Waals surface area contributed by atoms with Crippen molar-refractivity contribution in [1.82, 2.24) is 19.4 Å². The van der Waals surface area contributed by atoms with E-state index in [0.717, 1.165) is 17.8 Å². The van der Waals surface area contributed by atoms with Crippen molar-refractivity contribution in [2.75, 3.05) is 19.7 Å². The smallest absolute Gasteiger partial charge is 0.371 e. The van der Waals surface area contributed by atoms with Crippen molar-refractivity contribution in [2.24, 2.45) is 0 Å². The number of fused-ring (bicyclic) bond motifs is 1. The number of pyridine rings is 1. The normalized spacial score (nSPS) is 17.6. The number of ether oxygens (including phenoxy) is 2. The van der Waals surface area contributed by atoms with Crippen molar-refractivity contribution in [1.29, 1.82) is 0 Å². The fourth-order valence-corrected chi connectivity index (χ4v) is 4.96. The van der Waals surface area contributed by atoms with Crippen LogP contribution in [-0.4, -0.2) is 56.3 Å².